The Morgan fingerprint density at radius 2 is 1.72 bits per heavy atom. The lowest BCUT2D eigenvalue weighted by molar-refractivity contribution is 0.0986. The highest BCUT2D eigenvalue weighted by Gasteiger charge is 2.19. The van der Waals surface area contributed by atoms with Gasteiger partial charge in [0, 0.05) is 12.7 Å². The molecule has 0 spiro atoms. The molecule has 0 saturated carbocycles. The fourth-order valence-corrected chi connectivity index (χ4v) is 2.70. The minimum Gasteiger partial charge on any atom is -0.365 e. The Morgan fingerprint density at radius 3 is 2.45 bits per heavy atom. The van der Waals surface area contributed by atoms with Crippen molar-refractivity contribution in [3.05, 3.63) is 65.6 Å². The van der Waals surface area contributed by atoms with Crippen LogP contribution in [0.5, 0.6) is 0 Å². The van der Waals surface area contributed by atoms with Gasteiger partial charge >= 0.3 is 0 Å². The number of amides is 2. The van der Waals surface area contributed by atoms with E-state index < -0.39 is 11.8 Å². The van der Waals surface area contributed by atoms with Gasteiger partial charge < -0.3 is 16.8 Å². The zero-order valence-corrected chi connectivity index (χ0v) is 15.0. The van der Waals surface area contributed by atoms with Gasteiger partial charge in [-0.25, -0.2) is 4.98 Å². The number of aromatic nitrogens is 6. The average Bonchev–Trinajstić information content (AvgIpc) is 3.17. The molecule has 1 aromatic carbocycles. The van der Waals surface area contributed by atoms with E-state index in [0.717, 1.165) is 5.56 Å². The van der Waals surface area contributed by atoms with Crippen LogP contribution in [0.3, 0.4) is 0 Å². The first-order valence-electron chi connectivity index (χ1n) is 8.50. The minimum atomic E-state index is -0.817. The predicted octanol–water partition coefficient (Wildman–Crippen LogP) is 0.391. The number of nitrogens with one attached hydrogen (secondary N) is 1. The third kappa shape index (κ3) is 3.56. The van der Waals surface area contributed by atoms with Gasteiger partial charge in [0.05, 0.1) is 5.56 Å². The third-order valence-corrected chi connectivity index (χ3v) is 4.05. The van der Waals surface area contributed by atoms with Gasteiger partial charge in [-0.3, -0.25) is 14.0 Å². The largest absolute Gasteiger partial charge is 0.365 e. The van der Waals surface area contributed by atoms with Crippen LogP contribution >= 0.6 is 0 Å². The summed E-state index contributed by atoms with van der Waals surface area (Å²) >= 11 is 0. The number of hydrogen-bond donors (Lipinski definition) is 3. The number of anilines is 1. The molecule has 0 atom stereocenters. The smallest absolute Gasteiger partial charge is 0.286 e. The maximum atomic E-state index is 11.7. The molecular formula is C18H15N9O2. The van der Waals surface area contributed by atoms with Gasteiger partial charge in [-0.05, 0) is 17.7 Å². The van der Waals surface area contributed by atoms with Crippen LogP contribution in [0, 0.1) is 0 Å². The fourth-order valence-electron chi connectivity index (χ4n) is 2.70. The molecule has 3 aromatic heterocycles. The molecule has 0 aliphatic rings. The lowest BCUT2D eigenvalue weighted by Gasteiger charge is -2.07. The summed E-state index contributed by atoms with van der Waals surface area (Å²) in [4.78, 5) is 35.7. The first-order valence-corrected chi connectivity index (χ1v) is 8.50. The van der Waals surface area contributed by atoms with Crippen LogP contribution in [0.15, 0.2) is 48.7 Å². The van der Waals surface area contributed by atoms with Crippen molar-refractivity contribution in [1.29, 1.82) is 0 Å². The van der Waals surface area contributed by atoms with Crippen molar-refractivity contribution >= 4 is 23.4 Å². The third-order valence-electron chi connectivity index (χ3n) is 4.05. The van der Waals surface area contributed by atoms with Crippen molar-refractivity contribution in [2.24, 2.45) is 11.5 Å². The van der Waals surface area contributed by atoms with Gasteiger partial charge in [0.1, 0.15) is 0 Å². The molecule has 4 rings (SSSR count). The van der Waals surface area contributed by atoms with E-state index in [-0.39, 0.29) is 34.6 Å². The van der Waals surface area contributed by atoms with Crippen molar-refractivity contribution in [1.82, 2.24) is 29.5 Å². The molecule has 0 unspecified atom stereocenters. The molecule has 0 radical (unpaired) electrons. The van der Waals surface area contributed by atoms with Gasteiger partial charge in [0.2, 0.25) is 23.4 Å². The van der Waals surface area contributed by atoms with Crippen molar-refractivity contribution in [2.45, 2.75) is 6.54 Å². The monoisotopic (exact) mass is 389 g/mol. The second-order valence-corrected chi connectivity index (χ2v) is 6.01. The summed E-state index contributed by atoms with van der Waals surface area (Å²) in [5.41, 5.74) is 12.2. The molecule has 29 heavy (non-hydrogen) atoms. The molecule has 4 aromatic rings. The number of hydrogen-bond acceptors (Lipinski definition) is 8. The van der Waals surface area contributed by atoms with Crippen LogP contribution in [-0.2, 0) is 6.54 Å². The zero-order valence-electron chi connectivity index (χ0n) is 15.0. The molecular weight excluding hydrogens is 374 g/mol. The van der Waals surface area contributed by atoms with Crippen LogP contribution in [0.1, 0.15) is 26.5 Å². The molecule has 3 heterocycles. The Bertz CT molecular complexity index is 1220. The van der Waals surface area contributed by atoms with Crippen LogP contribution < -0.4 is 16.8 Å². The standard InChI is InChI=1S/C18H15N9O2/c19-12(28)11-7-4-8-27-16(11)25-26-17(27)15-22-14(13(20)29)23-18(24-15)21-9-10-5-2-1-3-6-10/h1-8H,9H2,(H2,19,28)(H2,20,29)(H,21,22,23,24). The van der Waals surface area contributed by atoms with Crippen molar-refractivity contribution in [3.8, 4) is 11.6 Å². The normalized spacial score (nSPS) is 10.8. The summed E-state index contributed by atoms with van der Waals surface area (Å²) in [6.07, 6.45) is 1.63. The van der Waals surface area contributed by atoms with E-state index in [4.69, 9.17) is 11.5 Å². The summed E-state index contributed by atoms with van der Waals surface area (Å²) < 4.78 is 1.50. The van der Waals surface area contributed by atoms with Gasteiger partial charge in [-0.15, -0.1) is 10.2 Å². The number of nitrogens with zero attached hydrogens (tertiary/aromatic N) is 6. The van der Waals surface area contributed by atoms with E-state index in [0.29, 0.717) is 6.54 Å². The van der Waals surface area contributed by atoms with Crippen molar-refractivity contribution < 1.29 is 9.59 Å². The summed E-state index contributed by atoms with van der Waals surface area (Å²) in [7, 11) is 0. The molecule has 0 bridgehead atoms. The number of nitrogens with two attached hydrogens (primary N) is 2. The van der Waals surface area contributed by atoms with E-state index in [1.54, 1.807) is 12.3 Å². The summed E-state index contributed by atoms with van der Waals surface area (Å²) in [6.45, 7) is 0.425. The molecule has 2 amide bonds. The van der Waals surface area contributed by atoms with Gasteiger partial charge in [-0.1, -0.05) is 30.3 Å². The number of carbonyl (C=O) groups excluding carboxylic acids is 2. The average molecular weight is 389 g/mol. The topological polar surface area (TPSA) is 167 Å². The maximum Gasteiger partial charge on any atom is 0.286 e. The first-order chi connectivity index (χ1) is 14.0. The van der Waals surface area contributed by atoms with E-state index in [9.17, 15) is 9.59 Å². The van der Waals surface area contributed by atoms with Crippen LogP contribution in [-0.4, -0.2) is 41.4 Å². The SMILES string of the molecule is NC(=O)c1nc(NCc2ccccc2)nc(-c2nnc3c(C(N)=O)cccn23)n1. The van der Waals surface area contributed by atoms with Crippen molar-refractivity contribution in [3.63, 3.8) is 0 Å². The predicted molar refractivity (Wildman–Crippen MR) is 103 cm³/mol. The Morgan fingerprint density at radius 1 is 0.931 bits per heavy atom. The molecule has 0 fully saturated rings. The Hall–Kier alpha value is -4.41. The number of pyridine rings is 1. The Balaban J connectivity index is 1.76. The summed E-state index contributed by atoms with van der Waals surface area (Å²) in [5, 5.41) is 11.1. The quantitative estimate of drug-likeness (QED) is 0.425. The molecule has 5 N–H and O–H groups in total. The molecule has 144 valence electrons. The second-order valence-electron chi connectivity index (χ2n) is 6.01. The Kier molecular flexibility index (Phi) is 4.53. The summed E-state index contributed by atoms with van der Waals surface area (Å²) in [6, 6.07) is 12.7. The lowest BCUT2D eigenvalue weighted by atomic mass is 10.2. The Labute approximate surface area is 163 Å². The number of benzene rings is 1. The van der Waals surface area contributed by atoms with Gasteiger partial charge in [0.15, 0.2) is 5.65 Å². The number of fused-ring (bicyclic) bond motifs is 1. The van der Waals surface area contributed by atoms with E-state index in [1.165, 1.54) is 10.5 Å². The molecule has 0 aliphatic carbocycles. The van der Waals surface area contributed by atoms with E-state index >= 15 is 0 Å². The zero-order chi connectivity index (χ0) is 20.4. The number of carbonyl (C=O) groups is 2. The maximum absolute atomic E-state index is 11.7. The lowest BCUT2D eigenvalue weighted by Crippen LogP contribution is -2.18. The molecule has 11 heteroatoms. The van der Waals surface area contributed by atoms with Crippen molar-refractivity contribution in [2.75, 3.05) is 5.32 Å². The second kappa shape index (κ2) is 7.31. The molecule has 11 nitrogen and oxygen atoms in total. The highest BCUT2D eigenvalue weighted by Crippen LogP contribution is 2.18. The first kappa shape index (κ1) is 18.0. The molecule has 0 aliphatic heterocycles. The number of rotatable bonds is 6. The van der Waals surface area contributed by atoms with Crippen LogP contribution in [0.25, 0.3) is 17.3 Å². The van der Waals surface area contributed by atoms with E-state index in [2.05, 4.69) is 30.5 Å². The van der Waals surface area contributed by atoms with Gasteiger partial charge in [-0.2, -0.15) is 9.97 Å². The highest BCUT2D eigenvalue weighted by atomic mass is 16.1. The number of primary amides is 2. The minimum absolute atomic E-state index is 0.0680. The highest BCUT2D eigenvalue weighted by molar-refractivity contribution is 5.98. The van der Waals surface area contributed by atoms with E-state index in [1.807, 2.05) is 30.3 Å². The summed E-state index contributed by atoms with van der Waals surface area (Å²) in [5.74, 6) is -1.27. The molecule has 0 saturated heterocycles. The van der Waals surface area contributed by atoms with Crippen LogP contribution in [0.2, 0.25) is 0 Å². The van der Waals surface area contributed by atoms with Gasteiger partial charge in [0.25, 0.3) is 11.8 Å². The van der Waals surface area contributed by atoms with Crippen LogP contribution in [0.4, 0.5) is 5.95 Å². The fraction of sp³-hybridized carbons (Fsp3) is 0.0556.